The van der Waals surface area contributed by atoms with Crippen molar-refractivity contribution in [2.75, 3.05) is 26.9 Å². The highest BCUT2D eigenvalue weighted by atomic mass is 16.5. The first-order valence-corrected chi connectivity index (χ1v) is 7.67. The third-order valence-electron chi connectivity index (χ3n) is 4.14. The standard InChI is InChI=1S/C17H23NO4/c1-21-12-11-18-15(19)13-22-16(20)17(9-5-6-10-17)14-7-3-2-4-8-14/h2-4,7-8H,5-6,9-13H2,1H3,(H,18,19). The van der Waals surface area contributed by atoms with Crippen molar-refractivity contribution < 1.29 is 19.1 Å². The van der Waals surface area contributed by atoms with Gasteiger partial charge in [-0.2, -0.15) is 0 Å². The normalized spacial score (nSPS) is 16.2. The van der Waals surface area contributed by atoms with E-state index in [0.717, 1.165) is 31.2 Å². The number of esters is 1. The molecule has 1 aromatic rings. The van der Waals surface area contributed by atoms with Gasteiger partial charge >= 0.3 is 5.97 Å². The maximum atomic E-state index is 12.6. The molecule has 1 fully saturated rings. The van der Waals surface area contributed by atoms with Crippen molar-refractivity contribution in [2.45, 2.75) is 31.1 Å². The second kappa shape index (κ2) is 7.94. The fourth-order valence-electron chi connectivity index (χ4n) is 2.96. The zero-order valence-corrected chi connectivity index (χ0v) is 13.0. The SMILES string of the molecule is COCCNC(=O)COC(=O)C1(c2ccccc2)CCCC1. The third-order valence-corrected chi connectivity index (χ3v) is 4.14. The van der Waals surface area contributed by atoms with Crippen molar-refractivity contribution in [2.24, 2.45) is 0 Å². The van der Waals surface area contributed by atoms with E-state index in [0.29, 0.717) is 13.2 Å². The van der Waals surface area contributed by atoms with E-state index in [-0.39, 0.29) is 18.5 Å². The number of carbonyl (C=O) groups excluding carboxylic acids is 2. The lowest BCUT2D eigenvalue weighted by molar-refractivity contribution is -0.154. The number of nitrogens with one attached hydrogen (secondary N) is 1. The molecular formula is C17H23NO4. The molecule has 1 saturated carbocycles. The molecule has 22 heavy (non-hydrogen) atoms. The van der Waals surface area contributed by atoms with Crippen LogP contribution in [0.3, 0.4) is 0 Å². The van der Waals surface area contributed by atoms with Gasteiger partial charge in [0, 0.05) is 13.7 Å². The Balaban J connectivity index is 1.95. The Morgan fingerprint density at radius 2 is 1.86 bits per heavy atom. The summed E-state index contributed by atoms with van der Waals surface area (Å²) in [4.78, 5) is 24.2. The zero-order valence-electron chi connectivity index (χ0n) is 13.0. The van der Waals surface area contributed by atoms with Crippen LogP contribution in [0.4, 0.5) is 0 Å². The van der Waals surface area contributed by atoms with Crippen LogP contribution in [-0.4, -0.2) is 38.7 Å². The van der Waals surface area contributed by atoms with Gasteiger partial charge in [0.25, 0.3) is 5.91 Å². The Morgan fingerprint density at radius 1 is 1.18 bits per heavy atom. The second-order valence-corrected chi connectivity index (χ2v) is 5.57. The minimum absolute atomic E-state index is 0.239. The summed E-state index contributed by atoms with van der Waals surface area (Å²) in [6.45, 7) is 0.613. The number of benzene rings is 1. The average Bonchev–Trinajstić information content (AvgIpc) is 3.05. The van der Waals surface area contributed by atoms with Crippen molar-refractivity contribution in [1.29, 1.82) is 0 Å². The van der Waals surface area contributed by atoms with Crippen LogP contribution in [0.2, 0.25) is 0 Å². The maximum Gasteiger partial charge on any atom is 0.317 e. The van der Waals surface area contributed by atoms with Crippen LogP contribution in [0.15, 0.2) is 30.3 Å². The van der Waals surface area contributed by atoms with Crippen LogP contribution < -0.4 is 5.32 Å². The van der Waals surface area contributed by atoms with Crippen molar-refractivity contribution in [3.8, 4) is 0 Å². The molecule has 0 atom stereocenters. The molecule has 5 nitrogen and oxygen atoms in total. The fourth-order valence-corrected chi connectivity index (χ4v) is 2.96. The minimum atomic E-state index is -0.589. The Bertz CT molecular complexity index is 495. The number of hydrogen-bond donors (Lipinski definition) is 1. The zero-order chi connectivity index (χ0) is 15.8. The van der Waals surface area contributed by atoms with Gasteiger partial charge in [0.1, 0.15) is 0 Å². The smallest absolute Gasteiger partial charge is 0.317 e. The highest BCUT2D eigenvalue weighted by Crippen LogP contribution is 2.42. The summed E-state index contributed by atoms with van der Waals surface area (Å²) < 4.78 is 10.1. The Kier molecular flexibility index (Phi) is 5.95. The fraction of sp³-hybridized carbons (Fsp3) is 0.529. The predicted molar refractivity (Wildman–Crippen MR) is 82.4 cm³/mol. The van der Waals surface area contributed by atoms with E-state index >= 15 is 0 Å². The molecule has 1 aliphatic carbocycles. The second-order valence-electron chi connectivity index (χ2n) is 5.57. The van der Waals surface area contributed by atoms with Gasteiger partial charge in [0.05, 0.1) is 12.0 Å². The van der Waals surface area contributed by atoms with Crippen LogP contribution in [-0.2, 0) is 24.5 Å². The molecule has 0 heterocycles. The lowest BCUT2D eigenvalue weighted by atomic mass is 9.79. The monoisotopic (exact) mass is 305 g/mol. The molecule has 1 aromatic carbocycles. The molecule has 2 rings (SSSR count). The number of amides is 1. The molecule has 0 bridgehead atoms. The average molecular weight is 305 g/mol. The van der Waals surface area contributed by atoms with E-state index in [1.54, 1.807) is 7.11 Å². The molecule has 1 N–H and O–H groups in total. The Morgan fingerprint density at radius 3 is 2.50 bits per heavy atom. The van der Waals surface area contributed by atoms with Gasteiger partial charge in [-0.05, 0) is 18.4 Å². The van der Waals surface area contributed by atoms with Crippen LogP contribution >= 0.6 is 0 Å². The number of carbonyl (C=O) groups is 2. The summed E-state index contributed by atoms with van der Waals surface area (Å²) in [5.74, 6) is -0.593. The first-order valence-electron chi connectivity index (χ1n) is 7.67. The first-order chi connectivity index (χ1) is 10.7. The van der Waals surface area contributed by atoms with Crippen LogP contribution in [0.25, 0.3) is 0 Å². The molecule has 1 aliphatic rings. The molecule has 0 spiro atoms. The highest BCUT2D eigenvalue weighted by Gasteiger charge is 2.44. The van der Waals surface area contributed by atoms with Gasteiger partial charge in [-0.25, -0.2) is 0 Å². The van der Waals surface area contributed by atoms with E-state index in [1.165, 1.54) is 0 Å². The van der Waals surface area contributed by atoms with Gasteiger partial charge in [-0.3, -0.25) is 9.59 Å². The minimum Gasteiger partial charge on any atom is -0.455 e. The van der Waals surface area contributed by atoms with Crippen LogP contribution in [0.5, 0.6) is 0 Å². The molecule has 0 radical (unpaired) electrons. The highest BCUT2D eigenvalue weighted by molar-refractivity contribution is 5.86. The Hall–Kier alpha value is -1.88. The van der Waals surface area contributed by atoms with Gasteiger partial charge < -0.3 is 14.8 Å². The quantitative estimate of drug-likeness (QED) is 0.616. The van der Waals surface area contributed by atoms with E-state index in [2.05, 4.69) is 5.32 Å². The van der Waals surface area contributed by atoms with Crippen LogP contribution in [0.1, 0.15) is 31.2 Å². The van der Waals surface area contributed by atoms with E-state index in [1.807, 2.05) is 30.3 Å². The van der Waals surface area contributed by atoms with E-state index in [4.69, 9.17) is 9.47 Å². The number of methoxy groups -OCH3 is 1. The lowest BCUT2D eigenvalue weighted by Gasteiger charge is -2.27. The summed E-state index contributed by atoms with van der Waals surface area (Å²) >= 11 is 0. The number of ether oxygens (including phenoxy) is 2. The van der Waals surface area contributed by atoms with Gasteiger partial charge in [-0.1, -0.05) is 43.2 Å². The predicted octanol–water partition coefficient (Wildman–Crippen LogP) is 1.80. The number of hydrogen-bond acceptors (Lipinski definition) is 4. The van der Waals surface area contributed by atoms with Gasteiger partial charge in [0.15, 0.2) is 6.61 Å². The van der Waals surface area contributed by atoms with Gasteiger partial charge in [-0.15, -0.1) is 0 Å². The topological polar surface area (TPSA) is 64.6 Å². The maximum absolute atomic E-state index is 12.6. The van der Waals surface area contributed by atoms with Gasteiger partial charge in [0.2, 0.25) is 0 Å². The molecule has 120 valence electrons. The third kappa shape index (κ3) is 3.85. The van der Waals surface area contributed by atoms with Crippen molar-refractivity contribution in [1.82, 2.24) is 5.32 Å². The first kappa shape index (κ1) is 16.5. The van der Waals surface area contributed by atoms with Crippen LogP contribution in [0, 0.1) is 0 Å². The molecule has 0 saturated heterocycles. The molecule has 0 unspecified atom stereocenters. The lowest BCUT2D eigenvalue weighted by Crippen LogP contribution is -2.38. The largest absolute Gasteiger partial charge is 0.455 e. The van der Waals surface area contributed by atoms with Crippen molar-refractivity contribution in [3.05, 3.63) is 35.9 Å². The van der Waals surface area contributed by atoms with E-state index in [9.17, 15) is 9.59 Å². The summed E-state index contributed by atoms with van der Waals surface area (Å²) in [6.07, 6.45) is 3.57. The van der Waals surface area contributed by atoms with E-state index < -0.39 is 5.41 Å². The molecule has 0 aliphatic heterocycles. The summed E-state index contributed by atoms with van der Waals surface area (Å²) in [6, 6.07) is 9.72. The Labute approximate surface area is 131 Å². The van der Waals surface area contributed by atoms with Crippen molar-refractivity contribution >= 4 is 11.9 Å². The summed E-state index contributed by atoms with van der Waals surface area (Å²) in [7, 11) is 1.57. The molecule has 1 amide bonds. The van der Waals surface area contributed by atoms with Crippen molar-refractivity contribution in [3.63, 3.8) is 0 Å². The number of rotatable bonds is 7. The summed E-state index contributed by atoms with van der Waals surface area (Å²) in [5, 5.41) is 2.64. The molecule has 0 aromatic heterocycles. The summed E-state index contributed by atoms with van der Waals surface area (Å²) in [5.41, 5.74) is 0.394. The molecular weight excluding hydrogens is 282 g/mol. The molecule has 5 heteroatoms.